The maximum absolute atomic E-state index is 12.6. The molecule has 4 rings (SSSR count). The number of carbonyl (C=O) groups is 2. The van der Waals surface area contributed by atoms with Crippen LogP contribution in [0.4, 0.5) is 0 Å². The lowest BCUT2D eigenvalue weighted by Gasteiger charge is -2.21. The minimum absolute atomic E-state index is 0.0633. The predicted octanol–water partition coefficient (Wildman–Crippen LogP) is 2.85. The van der Waals surface area contributed by atoms with Gasteiger partial charge in [-0.2, -0.15) is 0 Å². The Balaban J connectivity index is 1.32. The number of allylic oxidation sites excluding steroid dienone is 2. The first kappa shape index (κ1) is 15.4. The summed E-state index contributed by atoms with van der Waals surface area (Å²) in [6, 6.07) is 7.73. The number of carbonyl (C=O) groups excluding carboxylic acids is 2. The summed E-state index contributed by atoms with van der Waals surface area (Å²) in [5.74, 6) is 1.53. The first-order valence-electron chi connectivity index (χ1n) is 8.92. The Labute approximate surface area is 143 Å². The largest absolute Gasteiger partial charge is 0.342 e. The molecule has 0 radical (unpaired) electrons. The fourth-order valence-electron chi connectivity index (χ4n) is 4.37. The van der Waals surface area contributed by atoms with Gasteiger partial charge < -0.3 is 9.80 Å². The number of nitrogens with zero attached hydrogens (tertiary/aromatic N) is 2. The van der Waals surface area contributed by atoms with Crippen molar-refractivity contribution in [3.8, 4) is 0 Å². The number of hydrogen-bond acceptors (Lipinski definition) is 2. The maximum atomic E-state index is 12.6. The summed E-state index contributed by atoms with van der Waals surface area (Å²) in [6.45, 7) is 5.13. The highest BCUT2D eigenvalue weighted by Gasteiger charge is 2.36. The molecule has 2 atom stereocenters. The van der Waals surface area contributed by atoms with Crippen molar-refractivity contribution in [1.82, 2.24) is 9.80 Å². The Bertz CT molecular complexity index is 709. The average molecular weight is 324 g/mol. The van der Waals surface area contributed by atoms with Crippen LogP contribution in [0.3, 0.4) is 0 Å². The van der Waals surface area contributed by atoms with Gasteiger partial charge in [0.1, 0.15) is 0 Å². The van der Waals surface area contributed by atoms with Crippen LogP contribution in [-0.4, -0.2) is 41.2 Å². The zero-order valence-electron chi connectivity index (χ0n) is 14.2. The highest BCUT2D eigenvalue weighted by atomic mass is 16.2. The van der Waals surface area contributed by atoms with Crippen LogP contribution in [0.1, 0.15) is 42.1 Å². The first-order valence-corrected chi connectivity index (χ1v) is 8.92. The molecular weight excluding hydrogens is 300 g/mol. The first-order chi connectivity index (χ1) is 11.6. The van der Waals surface area contributed by atoms with Crippen molar-refractivity contribution in [2.24, 2.45) is 11.8 Å². The van der Waals surface area contributed by atoms with Crippen molar-refractivity contribution >= 4 is 11.8 Å². The van der Waals surface area contributed by atoms with Crippen LogP contribution in [0.5, 0.6) is 0 Å². The van der Waals surface area contributed by atoms with E-state index in [0.717, 1.165) is 37.1 Å². The summed E-state index contributed by atoms with van der Waals surface area (Å²) in [4.78, 5) is 28.8. The van der Waals surface area contributed by atoms with E-state index in [2.05, 4.69) is 13.0 Å². The summed E-state index contributed by atoms with van der Waals surface area (Å²) >= 11 is 0. The van der Waals surface area contributed by atoms with Gasteiger partial charge in [0.15, 0.2) is 0 Å². The molecule has 3 aliphatic rings. The average Bonchev–Trinajstić information content (AvgIpc) is 3.14. The number of rotatable bonds is 3. The number of benzene rings is 1. The number of hydrogen-bond donors (Lipinski definition) is 0. The molecule has 0 N–H and O–H groups in total. The molecular formula is C20H24N2O2. The van der Waals surface area contributed by atoms with Crippen molar-refractivity contribution in [3.63, 3.8) is 0 Å². The predicted molar refractivity (Wildman–Crippen MR) is 92.4 cm³/mol. The normalized spacial score (nSPS) is 25.5. The Morgan fingerprint density at radius 3 is 2.83 bits per heavy atom. The molecule has 1 saturated heterocycles. The van der Waals surface area contributed by atoms with E-state index in [0.29, 0.717) is 31.3 Å². The second kappa shape index (κ2) is 6.08. The van der Waals surface area contributed by atoms with Gasteiger partial charge in [0.05, 0.1) is 0 Å². The second-order valence-electron chi connectivity index (χ2n) is 7.44. The minimum atomic E-state index is 0.0633. The van der Waals surface area contributed by atoms with Gasteiger partial charge in [-0.15, -0.1) is 0 Å². The van der Waals surface area contributed by atoms with Gasteiger partial charge >= 0.3 is 0 Å². The Kier molecular flexibility index (Phi) is 3.91. The quantitative estimate of drug-likeness (QED) is 0.802. The van der Waals surface area contributed by atoms with Crippen molar-refractivity contribution < 1.29 is 9.59 Å². The van der Waals surface area contributed by atoms with E-state index in [1.165, 1.54) is 5.57 Å². The van der Waals surface area contributed by atoms with Crippen LogP contribution < -0.4 is 0 Å². The van der Waals surface area contributed by atoms with E-state index in [1.807, 2.05) is 29.2 Å². The molecule has 0 spiro atoms. The van der Waals surface area contributed by atoms with Gasteiger partial charge in [0.2, 0.25) is 5.91 Å². The fourth-order valence-corrected chi connectivity index (χ4v) is 4.37. The van der Waals surface area contributed by atoms with E-state index < -0.39 is 0 Å². The van der Waals surface area contributed by atoms with Gasteiger partial charge in [-0.1, -0.05) is 29.8 Å². The topological polar surface area (TPSA) is 40.6 Å². The van der Waals surface area contributed by atoms with Gasteiger partial charge in [0.25, 0.3) is 5.91 Å². The van der Waals surface area contributed by atoms with E-state index in [4.69, 9.17) is 0 Å². The van der Waals surface area contributed by atoms with Crippen molar-refractivity contribution in [1.29, 1.82) is 0 Å². The Hall–Kier alpha value is -2.10. The number of fused-ring (bicyclic) bond motifs is 2. The van der Waals surface area contributed by atoms with Gasteiger partial charge in [0, 0.05) is 38.2 Å². The lowest BCUT2D eigenvalue weighted by atomic mass is 9.83. The molecule has 4 heteroatoms. The third kappa shape index (κ3) is 2.74. The van der Waals surface area contributed by atoms with Crippen LogP contribution in [-0.2, 0) is 11.3 Å². The summed E-state index contributed by atoms with van der Waals surface area (Å²) in [5.41, 5.74) is 3.33. The van der Waals surface area contributed by atoms with Crippen LogP contribution in [0.2, 0.25) is 0 Å². The summed E-state index contributed by atoms with van der Waals surface area (Å²) in [6.07, 6.45) is 5.01. The molecule has 4 nitrogen and oxygen atoms in total. The molecule has 2 amide bonds. The van der Waals surface area contributed by atoms with Crippen molar-refractivity contribution in [2.45, 2.75) is 32.7 Å². The number of likely N-dealkylation sites (tertiary alicyclic amines) is 1. The van der Waals surface area contributed by atoms with Gasteiger partial charge in [-0.3, -0.25) is 9.59 Å². The third-order valence-corrected chi connectivity index (χ3v) is 5.77. The van der Waals surface area contributed by atoms with Crippen LogP contribution in [0.15, 0.2) is 35.9 Å². The monoisotopic (exact) mass is 324 g/mol. The van der Waals surface area contributed by atoms with Crippen molar-refractivity contribution in [3.05, 3.63) is 47.0 Å². The van der Waals surface area contributed by atoms with E-state index in [9.17, 15) is 9.59 Å². The Morgan fingerprint density at radius 2 is 2.00 bits per heavy atom. The fraction of sp³-hybridized carbons (Fsp3) is 0.500. The van der Waals surface area contributed by atoms with E-state index >= 15 is 0 Å². The van der Waals surface area contributed by atoms with E-state index in [-0.39, 0.29) is 11.8 Å². The smallest absolute Gasteiger partial charge is 0.254 e. The minimum Gasteiger partial charge on any atom is -0.342 e. The molecule has 0 bridgehead atoms. The molecule has 0 unspecified atom stereocenters. The number of amides is 2. The molecule has 24 heavy (non-hydrogen) atoms. The summed E-state index contributed by atoms with van der Waals surface area (Å²) in [7, 11) is 0. The van der Waals surface area contributed by atoms with Gasteiger partial charge in [-0.05, 0) is 43.2 Å². The van der Waals surface area contributed by atoms with Crippen LogP contribution >= 0.6 is 0 Å². The highest BCUT2D eigenvalue weighted by Crippen LogP contribution is 2.35. The molecule has 0 aromatic heterocycles. The highest BCUT2D eigenvalue weighted by molar-refractivity contribution is 5.98. The van der Waals surface area contributed by atoms with E-state index in [1.54, 1.807) is 4.90 Å². The Morgan fingerprint density at radius 1 is 1.21 bits per heavy atom. The second-order valence-corrected chi connectivity index (χ2v) is 7.44. The molecule has 2 aliphatic heterocycles. The summed E-state index contributed by atoms with van der Waals surface area (Å²) in [5, 5.41) is 0. The molecule has 0 saturated carbocycles. The molecule has 1 fully saturated rings. The lowest BCUT2D eigenvalue weighted by molar-refractivity contribution is -0.130. The lowest BCUT2D eigenvalue weighted by Crippen LogP contribution is -2.33. The molecule has 2 heterocycles. The molecule has 1 aromatic rings. The van der Waals surface area contributed by atoms with Crippen LogP contribution in [0.25, 0.3) is 0 Å². The standard InChI is InChI=1S/C20H24N2O2/c1-14-6-7-15-11-22(13-17(15)10-14)19(23)8-9-21-12-16-4-2-3-5-18(16)20(21)24/h2-6,15,17H,7-13H2,1H3/t15-,17+/m0/s1. The summed E-state index contributed by atoms with van der Waals surface area (Å²) < 4.78 is 0. The zero-order chi connectivity index (χ0) is 16.7. The molecule has 1 aromatic carbocycles. The van der Waals surface area contributed by atoms with Crippen LogP contribution in [0, 0.1) is 11.8 Å². The van der Waals surface area contributed by atoms with Gasteiger partial charge in [-0.25, -0.2) is 0 Å². The third-order valence-electron chi connectivity index (χ3n) is 5.77. The SMILES string of the molecule is CC1=CC[C@H]2CN(C(=O)CCN3Cc4ccccc4C3=O)C[C@H]2C1. The molecule has 126 valence electrons. The van der Waals surface area contributed by atoms with Crippen molar-refractivity contribution in [2.75, 3.05) is 19.6 Å². The zero-order valence-corrected chi connectivity index (χ0v) is 14.2. The molecule has 1 aliphatic carbocycles. The maximum Gasteiger partial charge on any atom is 0.254 e.